The van der Waals surface area contributed by atoms with Gasteiger partial charge in [0.25, 0.3) is 0 Å². The van der Waals surface area contributed by atoms with Crippen molar-refractivity contribution in [1.29, 1.82) is 0 Å². The van der Waals surface area contributed by atoms with E-state index in [0.29, 0.717) is 0 Å². The summed E-state index contributed by atoms with van der Waals surface area (Å²) in [4.78, 5) is 2.54. The first-order valence-corrected chi connectivity index (χ1v) is 25.4. The van der Waals surface area contributed by atoms with Crippen LogP contribution in [0.3, 0.4) is 0 Å². The van der Waals surface area contributed by atoms with Crippen molar-refractivity contribution in [1.82, 2.24) is 0 Å². The van der Waals surface area contributed by atoms with Gasteiger partial charge in [-0.2, -0.15) is 0 Å². The number of anilines is 3. The Labute approximate surface area is 416 Å². The third-order valence-electron chi connectivity index (χ3n) is 15.5. The Morgan fingerprint density at radius 2 is 0.732 bits per heavy atom. The quantitative estimate of drug-likeness (QED) is 0.161. The lowest BCUT2D eigenvalue weighted by molar-refractivity contribution is 0.794. The summed E-state index contributed by atoms with van der Waals surface area (Å²) in [7, 11) is 0. The summed E-state index contributed by atoms with van der Waals surface area (Å²) in [5.74, 6) is 0. The van der Waals surface area contributed by atoms with Crippen molar-refractivity contribution in [2.24, 2.45) is 0 Å². The van der Waals surface area contributed by atoms with E-state index in [1.54, 1.807) is 0 Å². The fourth-order valence-corrected chi connectivity index (χ4v) is 13.5. The third kappa shape index (κ3) is 5.99. The van der Waals surface area contributed by atoms with Gasteiger partial charge in [0.2, 0.25) is 0 Å². The maximum Gasteiger partial charge on any atom is 0.0726 e. The van der Waals surface area contributed by atoms with Crippen LogP contribution in [0.1, 0.15) is 22.3 Å². The van der Waals surface area contributed by atoms with Crippen molar-refractivity contribution in [3.05, 3.63) is 283 Å². The lowest BCUT2D eigenvalue weighted by atomic mass is 9.70. The van der Waals surface area contributed by atoms with Crippen molar-refractivity contribution in [3.63, 3.8) is 0 Å². The van der Waals surface area contributed by atoms with Gasteiger partial charge in [0.15, 0.2) is 0 Å². The Hall–Kier alpha value is -8.82. The van der Waals surface area contributed by atoms with Crippen LogP contribution in [0.4, 0.5) is 17.1 Å². The largest absolute Gasteiger partial charge is 0.308 e. The SMILES string of the molecule is c1ccc2c(c1)-c1ccccc1C21c2ccccc2-c2c(N(c3ccc(-c4ccc(-c5ccc6cc(-c7ccc8ccccc8c7)ccc6c5)cc4)cc3)c3cccc4c3sc3ccccc34)cccc21. The number of hydrogen-bond acceptors (Lipinski definition) is 2. The molecule has 2 aliphatic carbocycles. The van der Waals surface area contributed by atoms with E-state index in [2.05, 4.69) is 266 Å². The van der Waals surface area contributed by atoms with Crippen molar-refractivity contribution in [3.8, 4) is 55.6 Å². The predicted molar refractivity (Wildman–Crippen MR) is 302 cm³/mol. The number of thiophene rings is 1. The maximum atomic E-state index is 2.54. The van der Waals surface area contributed by atoms with E-state index in [0.717, 1.165) is 5.69 Å². The highest BCUT2D eigenvalue weighted by Crippen LogP contribution is 2.65. The van der Waals surface area contributed by atoms with Crippen molar-refractivity contribution in [2.75, 3.05) is 4.90 Å². The fraction of sp³-hybridized carbons (Fsp3) is 0.0145. The molecule has 2 aliphatic rings. The first-order chi connectivity index (χ1) is 35.2. The van der Waals surface area contributed by atoms with Crippen molar-refractivity contribution >= 4 is 70.1 Å². The number of rotatable bonds is 6. The van der Waals surface area contributed by atoms with E-state index < -0.39 is 5.41 Å². The van der Waals surface area contributed by atoms with Crippen LogP contribution in [-0.2, 0) is 5.41 Å². The Kier molecular flexibility index (Phi) is 8.81. The van der Waals surface area contributed by atoms with Gasteiger partial charge in [-0.1, -0.05) is 212 Å². The monoisotopic (exact) mass is 917 g/mol. The molecule has 1 heterocycles. The molecule has 1 nitrogen and oxygen atoms in total. The zero-order chi connectivity index (χ0) is 46.6. The molecule has 0 N–H and O–H groups in total. The molecular formula is C69H43NS. The Bertz CT molecular complexity index is 4240. The molecular weight excluding hydrogens is 875 g/mol. The molecule has 0 fully saturated rings. The minimum atomic E-state index is -0.435. The van der Waals surface area contributed by atoms with E-state index in [-0.39, 0.29) is 0 Å². The molecule has 330 valence electrons. The normalized spacial score (nSPS) is 12.9. The molecule has 0 atom stereocenters. The molecule has 1 aromatic heterocycles. The van der Waals surface area contributed by atoms with Gasteiger partial charge < -0.3 is 4.90 Å². The number of nitrogens with zero attached hydrogens (tertiary/aromatic N) is 1. The van der Waals surface area contributed by atoms with Crippen LogP contribution in [0.15, 0.2) is 261 Å². The topological polar surface area (TPSA) is 3.24 Å². The van der Waals surface area contributed by atoms with E-state index in [9.17, 15) is 0 Å². The van der Waals surface area contributed by atoms with Crippen molar-refractivity contribution < 1.29 is 0 Å². The van der Waals surface area contributed by atoms with Gasteiger partial charge in [-0.15, -0.1) is 11.3 Å². The molecule has 71 heavy (non-hydrogen) atoms. The molecule has 12 aromatic carbocycles. The van der Waals surface area contributed by atoms with Gasteiger partial charge >= 0.3 is 0 Å². The molecule has 0 radical (unpaired) electrons. The third-order valence-corrected chi connectivity index (χ3v) is 16.7. The Morgan fingerprint density at radius 1 is 0.296 bits per heavy atom. The first kappa shape index (κ1) is 40.1. The average molecular weight is 918 g/mol. The second-order valence-electron chi connectivity index (χ2n) is 19.1. The van der Waals surface area contributed by atoms with Gasteiger partial charge in [0.05, 0.1) is 21.5 Å². The average Bonchev–Trinajstić information content (AvgIpc) is 4.08. The lowest BCUT2D eigenvalue weighted by Crippen LogP contribution is -2.26. The molecule has 0 saturated carbocycles. The van der Waals surface area contributed by atoms with Gasteiger partial charge in [0, 0.05) is 26.7 Å². The summed E-state index contributed by atoms with van der Waals surface area (Å²) < 4.78 is 2.58. The van der Waals surface area contributed by atoms with Crippen LogP contribution in [0.2, 0.25) is 0 Å². The summed E-state index contributed by atoms with van der Waals surface area (Å²) in [6.07, 6.45) is 0. The van der Waals surface area contributed by atoms with Gasteiger partial charge in [-0.3, -0.25) is 0 Å². The van der Waals surface area contributed by atoms with Crippen LogP contribution in [0, 0.1) is 0 Å². The smallest absolute Gasteiger partial charge is 0.0726 e. The van der Waals surface area contributed by atoms with E-state index in [4.69, 9.17) is 0 Å². The Balaban J connectivity index is 0.828. The lowest BCUT2D eigenvalue weighted by Gasteiger charge is -2.32. The highest BCUT2D eigenvalue weighted by molar-refractivity contribution is 7.26. The number of benzene rings is 12. The summed E-state index contributed by atoms with van der Waals surface area (Å²) >= 11 is 1.88. The molecule has 0 saturated heterocycles. The maximum absolute atomic E-state index is 2.54. The van der Waals surface area contributed by atoms with E-state index in [1.165, 1.54) is 131 Å². The van der Waals surface area contributed by atoms with Gasteiger partial charge in [-0.05, 0) is 142 Å². The molecule has 1 spiro atoms. The zero-order valence-corrected chi connectivity index (χ0v) is 39.5. The number of fused-ring (bicyclic) bond motifs is 15. The van der Waals surface area contributed by atoms with Crippen molar-refractivity contribution in [2.45, 2.75) is 5.41 Å². The van der Waals surface area contributed by atoms with E-state index in [1.807, 2.05) is 11.3 Å². The predicted octanol–water partition coefficient (Wildman–Crippen LogP) is 19.2. The van der Waals surface area contributed by atoms with Crippen LogP contribution < -0.4 is 4.90 Å². The second-order valence-corrected chi connectivity index (χ2v) is 20.2. The van der Waals surface area contributed by atoms with E-state index >= 15 is 0 Å². The first-order valence-electron chi connectivity index (χ1n) is 24.6. The highest BCUT2D eigenvalue weighted by atomic mass is 32.1. The summed E-state index contributed by atoms with van der Waals surface area (Å²) in [5.41, 5.74) is 20.9. The zero-order valence-electron chi connectivity index (χ0n) is 38.7. The molecule has 13 aromatic rings. The van der Waals surface area contributed by atoms with Crippen LogP contribution >= 0.6 is 11.3 Å². The molecule has 0 amide bonds. The molecule has 15 rings (SSSR count). The molecule has 2 heteroatoms. The van der Waals surface area contributed by atoms with Gasteiger partial charge in [0.1, 0.15) is 0 Å². The van der Waals surface area contributed by atoms with Crippen LogP contribution in [0.5, 0.6) is 0 Å². The Morgan fingerprint density at radius 3 is 1.41 bits per heavy atom. The minimum absolute atomic E-state index is 0.435. The molecule has 0 bridgehead atoms. The van der Waals surface area contributed by atoms with Crippen LogP contribution in [0.25, 0.3) is 97.4 Å². The number of hydrogen-bond donors (Lipinski definition) is 0. The molecule has 0 unspecified atom stereocenters. The van der Waals surface area contributed by atoms with Crippen LogP contribution in [-0.4, -0.2) is 0 Å². The van der Waals surface area contributed by atoms with Gasteiger partial charge in [-0.25, -0.2) is 0 Å². The summed E-state index contributed by atoms with van der Waals surface area (Å²) in [6.45, 7) is 0. The highest BCUT2D eigenvalue weighted by Gasteiger charge is 2.52. The molecule has 0 aliphatic heterocycles. The fourth-order valence-electron chi connectivity index (χ4n) is 12.3. The second kappa shape index (κ2) is 15.6. The minimum Gasteiger partial charge on any atom is -0.308 e. The summed E-state index contributed by atoms with van der Waals surface area (Å²) in [5, 5.41) is 7.59. The summed E-state index contributed by atoms with van der Waals surface area (Å²) in [6, 6.07) is 97.3. The standard InChI is InChI=1S/C69H43NS/c1-2-14-48-41-50(32-31-44(48)13-1)53-36-35-51-42-49(33-34-52(51)43-53)47-29-27-45(28-30-47)46-37-39-54(40-38-46)70(65-25-11-19-58-57-17-6-10-26-66(57)71-68(58)65)64-24-12-23-63-67(64)59-18-5-9-22-62(59)69(63)60-20-7-3-15-55(60)56-16-4-8-21-61(56)69/h1-43H.